The Balaban J connectivity index is 3.21. The average molecular weight is 223 g/mol. The van der Waals surface area contributed by atoms with Crippen LogP contribution < -0.4 is 5.73 Å². The fourth-order valence-corrected chi connectivity index (χ4v) is 1.18. The fourth-order valence-electron chi connectivity index (χ4n) is 0.681. The summed E-state index contributed by atoms with van der Waals surface area (Å²) in [7, 11) is 0. The normalized spacial score (nSPS) is 10.5. The van der Waals surface area contributed by atoms with Crippen LogP contribution in [-0.4, -0.2) is 4.98 Å². The molecule has 1 rings (SSSR count). The molecule has 60 valence electrons. The van der Waals surface area contributed by atoms with Crippen LogP contribution >= 0.6 is 15.9 Å². The Bertz CT molecular complexity index is 245. The maximum Gasteiger partial charge on any atom is 0.268 e. The van der Waals surface area contributed by atoms with Crippen molar-refractivity contribution in [2.24, 2.45) is 0 Å². The molecule has 0 saturated heterocycles. The van der Waals surface area contributed by atoms with Gasteiger partial charge in [-0.1, -0.05) is 15.9 Å². The zero-order valence-electron chi connectivity index (χ0n) is 5.39. The number of nitrogen functional groups attached to an aromatic ring is 1. The molecule has 1 aromatic heterocycles. The number of alkyl halides is 2. The molecule has 0 aromatic carbocycles. The van der Waals surface area contributed by atoms with E-state index in [0.717, 1.165) is 0 Å². The van der Waals surface area contributed by atoms with Crippen LogP contribution in [0.15, 0.2) is 16.7 Å². The molecular weight excluding hydrogens is 218 g/mol. The zero-order valence-corrected chi connectivity index (χ0v) is 6.98. The van der Waals surface area contributed by atoms with Gasteiger partial charge in [-0.25, -0.2) is 13.8 Å². The molecule has 0 spiro atoms. The monoisotopic (exact) mass is 222 g/mol. The summed E-state index contributed by atoms with van der Waals surface area (Å²) < 4.78 is 24.6. The molecule has 0 fully saturated rings. The summed E-state index contributed by atoms with van der Waals surface area (Å²) in [6.07, 6.45) is -1.22. The van der Waals surface area contributed by atoms with Crippen molar-refractivity contribution in [1.82, 2.24) is 4.98 Å². The number of hydrogen-bond acceptors (Lipinski definition) is 2. The van der Waals surface area contributed by atoms with Gasteiger partial charge in [-0.15, -0.1) is 0 Å². The third kappa shape index (κ3) is 1.65. The number of pyridine rings is 1. The Morgan fingerprint density at radius 3 is 2.55 bits per heavy atom. The van der Waals surface area contributed by atoms with E-state index >= 15 is 0 Å². The molecule has 0 aliphatic heterocycles. The van der Waals surface area contributed by atoms with Gasteiger partial charge in [-0.05, 0) is 6.07 Å². The standard InChI is InChI=1S/C6H5BrF2N2/c7-3-1-2-11-6(10)4(3)5(8)9/h1-2,5H,(H2,10,11). The average Bonchev–Trinajstić information content (AvgIpc) is 1.85. The second kappa shape index (κ2) is 3.13. The van der Waals surface area contributed by atoms with Gasteiger partial charge in [-0.2, -0.15) is 0 Å². The lowest BCUT2D eigenvalue weighted by Crippen LogP contribution is -1.98. The highest BCUT2D eigenvalue weighted by molar-refractivity contribution is 9.10. The van der Waals surface area contributed by atoms with Crippen molar-refractivity contribution in [3.05, 3.63) is 22.3 Å². The fraction of sp³-hybridized carbons (Fsp3) is 0.167. The van der Waals surface area contributed by atoms with Crippen LogP contribution in [0, 0.1) is 0 Å². The predicted octanol–water partition coefficient (Wildman–Crippen LogP) is 2.36. The van der Waals surface area contributed by atoms with Gasteiger partial charge in [-0.3, -0.25) is 0 Å². The predicted molar refractivity (Wildman–Crippen MR) is 41.3 cm³/mol. The van der Waals surface area contributed by atoms with Gasteiger partial charge in [0.1, 0.15) is 5.82 Å². The first kappa shape index (κ1) is 8.39. The first-order valence-electron chi connectivity index (χ1n) is 2.81. The molecule has 2 nitrogen and oxygen atoms in total. The van der Waals surface area contributed by atoms with Crippen LogP contribution in [-0.2, 0) is 0 Å². The molecule has 1 aromatic rings. The Labute approximate surface area is 70.6 Å². The molecule has 1 heterocycles. The maximum absolute atomic E-state index is 12.1. The van der Waals surface area contributed by atoms with E-state index in [1.165, 1.54) is 12.3 Å². The molecular formula is C6H5BrF2N2. The summed E-state index contributed by atoms with van der Waals surface area (Å²) in [6, 6.07) is 1.43. The van der Waals surface area contributed by atoms with Gasteiger partial charge in [0.2, 0.25) is 0 Å². The molecule has 0 bridgehead atoms. The van der Waals surface area contributed by atoms with E-state index in [0.29, 0.717) is 4.47 Å². The van der Waals surface area contributed by atoms with Crippen LogP contribution in [0.5, 0.6) is 0 Å². The molecule has 0 radical (unpaired) electrons. The highest BCUT2D eigenvalue weighted by Crippen LogP contribution is 2.30. The number of halogens is 3. The minimum Gasteiger partial charge on any atom is -0.383 e. The smallest absolute Gasteiger partial charge is 0.268 e. The topological polar surface area (TPSA) is 38.9 Å². The first-order valence-corrected chi connectivity index (χ1v) is 3.60. The van der Waals surface area contributed by atoms with E-state index < -0.39 is 6.43 Å². The van der Waals surface area contributed by atoms with Crippen molar-refractivity contribution >= 4 is 21.7 Å². The summed E-state index contributed by atoms with van der Waals surface area (Å²) in [6.45, 7) is 0. The van der Waals surface area contributed by atoms with Gasteiger partial charge in [0.25, 0.3) is 6.43 Å². The third-order valence-electron chi connectivity index (χ3n) is 1.19. The SMILES string of the molecule is Nc1nccc(Br)c1C(F)F. The number of anilines is 1. The molecule has 0 aliphatic carbocycles. The van der Waals surface area contributed by atoms with Gasteiger partial charge >= 0.3 is 0 Å². The van der Waals surface area contributed by atoms with Crippen LogP contribution in [0.1, 0.15) is 12.0 Å². The third-order valence-corrected chi connectivity index (χ3v) is 1.88. The Morgan fingerprint density at radius 1 is 1.55 bits per heavy atom. The summed E-state index contributed by atoms with van der Waals surface area (Å²) in [5.74, 6) is -0.130. The highest BCUT2D eigenvalue weighted by Gasteiger charge is 2.15. The minimum absolute atomic E-state index is 0.130. The van der Waals surface area contributed by atoms with Crippen molar-refractivity contribution in [1.29, 1.82) is 0 Å². The van der Waals surface area contributed by atoms with Crippen LogP contribution in [0.2, 0.25) is 0 Å². The minimum atomic E-state index is -2.59. The van der Waals surface area contributed by atoms with Crippen molar-refractivity contribution in [3.8, 4) is 0 Å². The number of nitrogens with zero attached hydrogens (tertiary/aromatic N) is 1. The number of rotatable bonds is 1. The van der Waals surface area contributed by atoms with E-state index in [2.05, 4.69) is 20.9 Å². The molecule has 0 aliphatic rings. The summed E-state index contributed by atoms with van der Waals surface area (Å²) >= 11 is 2.95. The van der Waals surface area contributed by atoms with Gasteiger partial charge < -0.3 is 5.73 Å². The van der Waals surface area contributed by atoms with Gasteiger partial charge in [0, 0.05) is 10.7 Å². The van der Waals surface area contributed by atoms with E-state index in [9.17, 15) is 8.78 Å². The molecule has 11 heavy (non-hydrogen) atoms. The van der Waals surface area contributed by atoms with Crippen molar-refractivity contribution in [2.75, 3.05) is 5.73 Å². The number of aromatic nitrogens is 1. The van der Waals surface area contributed by atoms with Gasteiger partial charge in [0.05, 0.1) is 5.56 Å². The summed E-state index contributed by atoms with van der Waals surface area (Å²) in [4.78, 5) is 3.53. The number of nitrogens with two attached hydrogens (primary N) is 1. The van der Waals surface area contributed by atoms with Crippen LogP contribution in [0.25, 0.3) is 0 Å². The maximum atomic E-state index is 12.1. The Kier molecular flexibility index (Phi) is 2.38. The molecule has 5 heteroatoms. The zero-order chi connectivity index (χ0) is 8.43. The summed E-state index contributed by atoms with van der Waals surface area (Å²) in [5, 5.41) is 0. The van der Waals surface area contributed by atoms with E-state index in [-0.39, 0.29) is 11.4 Å². The second-order valence-corrected chi connectivity index (χ2v) is 2.75. The second-order valence-electron chi connectivity index (χ2n) is 1.89. The number of hydrogen-bond donors (Lipinski definition) is 1. The molecule has 0 amide bonds. The van der Waals surface area contributed by atoms with Crippen molar-refractivity contribution < 1.29 is 8.78 Å². The van der Waals surface area contributed by atoms with Gasteiger partial charge in [0.15, 0.2) is 0 Å². The Hall–Kier alpha value is -0.710. The van der Waals surface area contributed by atoms with E-state index in [1.54, 1.807) is 0 Å². The quantitative estimate of drug-likeness (QED) is 0.793. The lowest BCUT2D eigenvalue weighted by molar-refractivity contribution is 0.151. The van der Waals surface area contributed by atoms with Crippen LogP contribution in [0.4, 0.5) is 14.6 Å². The lowest BCUT2D eigenvalue weighted by atomic mass is 10.3. The van der Waals surface area contributed by atoms with Crippen molar-refractivity contribution in [3.63, 3.8) is 0 Å². The van der Waals surface area contributed by atoms with E-state index in [1.807, 2.05) is 0 Å². The molecule has 2 N–H and O–H groups in total. The summed E-state index contributed by atoms with van der Waals surface area (Å²) in [5.41, 5.74) is 4.96. The first-order chi connectivity index (χ1) is 5.13. The highest BCUT2D eigenvalue weighted by atomic mass is 79.9. The molecule has 0 saturated carbocycles. The largest absolute Gasteiger partial charge is 0.383 e. The van der Waals surface area contributed by atoms with Crippen LogP contribution in [0.3, 0.4) is 0 Å². The molecule has 0 unspecified atom stereocenters. The van der Waals surface area contributed by atoms with Crippen molar-refractivity contribution in [2.45, 2.75) is 6.43 Å². The van der Waals surface area contributed by atoms with E-state index in [4.69, 9.17) is 5.73 Å². The lowest BCUT2D eigenvalue weighted by Gasteiger charge is -2.04. The molecule has 0 atom stereocenters. The Morgan fingerprint density at radius 2 is 2.18 bits per heavy atom.